The number of carbonyl (C=O) groups excluding carboxylic acids is 2. The monoisotopic (exact) mass is 432 g/mol. The van der Waals surface area contributed by atoms with Gasteiger partial charge in [0.05, 0.1) is 31.1 Å². The van der Waals surface area contributed by atoms with Gasteiger partial charge in [0, 0.05) is 30.5 Å². The van der Waals surface area contributed by atoms with Gasteiger partial charge in [-0.25, -0.2) is 4.68 Å². The highest BCUT2D eigenvalue weighted by atomic mass is 16.5. The predicted octanol–water partition coefficient (Wildman–Crippen LogP) is 2.45. The molecule has 164 valence electrons. The van der Waals surface area contributed by atoms with E-state index in [0.29, 0.717) is 43.3 Å². The second kappa shape index (κ2) is 8.47. The number of anilines is 1. The van der Waals surface area contributed by atoms with Gasteiger partial charge in [0.15, 0.2) is 6.10 Å². The Morgan fingerprint density at radius 1 is 1.00 bits per heavy atom. The van der Waals surface area contributed by atoms with Crippen LogP contribution in [0.2, 0.25) is 0 Å². The molecule has 0 aliphatic carbocycles. The maximum atomic E-state index is 13.5. The fraction of sp³-hybridized carbons (Fsp3) is 0.292. The molecule has 2 amide bonds. The van der Waals surface area contributed by atoms with E-state index >= 15 is 0 Å². The Kier molecular flexibility index (Phi) is 5.36. The molecule has 0 spiro atoms. The van der Waals surface area contributed by atoms with E-state index in [0.717, 1.165) is 11.4 Å². The van der Waals surface area contributed by atoms with Crippen molar-refractivity contribution in [1.29, 1.82) is 0 Å². The van der Waals surface area contributed by atoms with E-state index in [1.807, 2.05) is 48.0 Å². The number of aromatic nitrogens is 2. The normalized spacial score (nSPS) is 18.1. The Balaban J connectivity index is 1.41. The molecular formula is C24H24N4O4. The molecule has 1 atom stereocenters. The van der Waals surface area contributed by atoms with Crippen molar-refractivity contribution < 1.29 is 19.1 Å². The summed E-state index contributed by atoms with van der Waals surface area (Å²) in [4.78, 5) is 29.9. The Hall–Kier alpha value is -3.65. The quantitative estimate of drug-likeness (QED) is 0.636. The third-order valence-electron chi connectivity index (χ3n) is 5.81. The molecule has 32 heavy (non-hydrogen) atoms. The van der Waals surface area contributed by atoms with E-state index in [4.69, 9.17) is 9.47 Å². The highest BCUT2D eigenvalue weighted by molar-refractivity contribution is 6.08. The smallest absolute Gasteiger partial charge is 0.265 e. The van der Waals surface area contributed by atoms with Gasteiger partial charge in [-0.3, -0.25) is 9.59 Å². The lowest BCUT2D eigenvalue weighted by atomic mass is 10.1. The van der Waals surface area contributed by atoms with Crippen LogP contribution in [0.5, 0.6) is 5.75 Å². The molecule has 3 aromatic rings. The molecule has 1 saturated heterocycles. The summed E-state index contributed by atoms with van der Waals surface area (Å²) in [6.45, 7) is 4.22. The fourth-order valence-electron chi connectivity index (χ4n) is 4.08. The number of amides is 2. The van der Waals surface area contributed by atoms with Gasteiger partial charge in [0.1, 0.15) is 5.75 Å². The van der Waals surface area contributed by atoms with Crippen LogP contribution >= 0.6 is 0 Å². The largest absolute Gasteiger partial charge is 0.476 e. The van der Waals surface area contributed by atoms with Crippen LogP contribution < -0.4 is 9.64 Å². The van der Waals surface area contributed by atoms with E-state index in [1.165, 1.54) is 0 Å². The van der Waals surface area contributed by atoms with Crippen molar-refractivity contribution in [3.63, 3.8) is 0 Å². The Morgan fingerprint density at radius 2 is 1.75 bits per heavy atom. The second-order valence-corrected chi connectivity index (χ2v) is 7.86. The zero-order valence-electron chi connectivity index (χ0n) is 17.8. The van der Waals surface area contributed by atoms with Crippen molar-refractivity contribution in [3.05, 3.63) is 72.1 Å². The van der Waals surface area contributed by atoms with Crippen LogP contribution in [-0.2, 0) is 9.53 Å². The standard InChI is InChI=1S/C24H24N4O4/c1-17-10-11-25-28(17)19-8-6-18(7-9-19)23(29)27-16-22(24(30)26-12-14-31-15-13-26)32-21-5-3-2-4-20(21)27/h2-11,22H,12-16H2,1H3/t22-/m1/s1. The molecule has 2 aliphatic heterocycles. The summed E-state index contributed by atoms with van der Waals surface area (Å²) in [6.07, 6.45) is 0.989. The number of hydrogen-bond acceptors (Lipinski definition) is 5. The summed E-state index contributed by atoms with van der Waals surface area (Å²) in [5.41, 5.74) is 3.09. The maximum absolute atomic E-state index is 13.5. The van der Waals surface area contributed by atoms with Gasteiger partial charge in [-0.2, -0.15) is 5.10 Å². The van der Waals surface area contributed by atoms with Crippen LogP contribution in [0.15, 0.2) is 60.8 Å². The average molecular weight is 432 g/mol. The van der Waals surface area contributed by atoms with Gasteiger partial charge in [-0.1, -0.05) is 12.1 Å². The predicted molar refractivity (Wildman–Crippen MR) is 118 cm³/mol. The van der Waals surface area contributed by atoms with Gasteiger partial charge in [-0.05, 0) is 49.4 Å². The molecule has 2 aromatic carbocycles. The number of hydrogen-bond donors (Lipinski definition) is 0. The van der Waals surface area contributed by atoms with Crippen LogP contribution in [0.1, 0.15) is 16.1 Å². The van der Waals surface area contributed by atoms with Crippen molar-refractivity contribution in [2.24, 2.45) is 0 Å². The van der Waals surface area contributed by atoms with Gasteiger partial charge in [0.25, 0.3) is 11.8 Å². The number of fused-ring (bicyclic) bond motifs is 1. The molecule has 3 heterocycles. The van der Waals surface area contributed by atoms with Crippen LogP contribution in [0.25, 0.3) is 5.69 Å². The van der Waals surface area contributed by atoms with Crippen LogP contribution in [0.4, 0.5) is 5.69 Å². The molecule has 0 unspecified atom stereocenters. The molecule has 8 nitrogen and oxygen atoms in total. The topological polar surface area (TPSA) is 76.9 Å². The highest BCUT2D eigenvalue weighted by Crippen LogP contribution is 2.34. The van der Waals surface area contributed by atoms with Gasteiger partial charge < -0.3 is 19.3 Å². The van der Waals surface area contributed by atoms with E-state index in [2.05, 4.69) is 5.10 Å². The second-order valence-electron chi connectivity index (χ2n) is 7.86. The van der Waals surface area contributed by atoms with E-state index in [-0.39, 0.29) is 18.4 Å². The number of morpholine rings is 1. The molecule has 1 fully saturated rings. The first-order valence-electron chi connectivity index (χ1n) is 10.7. The number of nitrogens with zero attached hydrogens (tertiary/aromatic N) is 4. The molecule has 1 aromatic heterocycles. The summed E-state index contributed by atoms with van der Waals surface area (Å²) in [5, 5.41) is 4.31. The van der Waals surface area contributed by atoms with Crippen LogP contribution in [-0.4, -0.2) is 65.4 Å². The first-order chi connectivity index (χ1) is 15.6. The molecule has 0 N–H and O–H groups in total. The summed E-state index contributed by atoms with van der Waals surface area (Å²) in [5.74, 6) is 0.233. The molecule has 5 rings (SSSR count). The fourth-order valence-corrected chi connectivity index (χ4v) is 4.08. The number of rotatable bonds is 3. The van der Waals surface area contributed by atoms with Gasteiger partial charge in [-0.15, -0.1) is 0 Å². The molecule has 0 bridgehead atoms. The lowest BCUT2D eigenvalue weighted by molar-refractivity contribution is -0.142. The van der Waals surface area contributed by atoms with Crippen molar-refractivity contribution in [1.82, 2.24) is 14.7 Å². The highest BCUT2D eigenvalue weighted by Gasteiger charge is 2.36. The lowest BCUT2D eigenvalue weighted by Gasteiger charge is -2.37. The number of ether oxygens (including phenoxy) is 2. The summed E-state index contributed by atoms with van der Waals surface area (Å²) in [6, 6.07) is 16.6. The van der Waals surface area contributed by atoms with Gasteiger partial charge in [0.2, 0.25) is 0 Å². The summed E-state index contributed by atoms with van der Waals surface area (Å²) < 4.78 is 13.2. The molecule has 2 aliphatic rings. The number of para-hydroxylation sites is 2. The summed E-state index contributed by atoms with van der Waals surface area (Å²) in [7, 11) is 0. The minimum absolute atomic E-state index is 0.120. The van der Waals surface area contributed by atoms with Crippen LogP contribution in [0, 0.1) is 6.92 Å². The number of aryl methyl sites for hydroxylation is 1. The van der Waals surface area contributed by atoms with E-state index in [9.17, 15) is 9.59 Å². The Labute approximate surface area is 185 Å². The van der Waals surface area contributed by atoms with Crippen molar-refractivity contribution in [2.45, 2.75) is 13.0 Å². The zero-order chi connectivity index (χ0) is 22.1. The Morgan fingerprint density at radius 3 is 2.47 bits per heavy atom. The van der Waals surface area contributed by atoms with Crippen molar-refractivity contribution in [3.8, 4) is 11.4 Å². The maximum Gasteiger partial charge on any atom is 0.265 e. The first-order valence-corrected chi connectivity index (χ1v) is 10.7. The number of benzene rings is 2. The summed E-state index contributed by atoms with van der Waals surface area (Å²) >= 11 is 0. The minimum atomic E-state index is -0.752. The SMILES string of the molecule is Cc1ccnn1-c1ccc(C(=O)N2C[C@H](C(=O)N3CCOCC3)Oc3ccccc32)cc1. The van der Waals surface area contributed by atoms with E-state index < -0.39 is 6.10 Å². The minimum Gasteiger partial charge on any atom is -0.476 e. The third-order valence-corrected chi connectivity index (χ3v) is 5.81. The lowest BCUT2D eigenvalue weighted by Crippen LogP contribution is -2.54. The van der Waals surface area contributed by atoms with Crippen LogP contribution in [0.3, 0.4) is 0 Å². The average Bonchev–Trinajstić information content (AvgIpc) is 3.29. The third kappa shape index (κ3) is 3.73. The molecular weight excluding hydrogens is 408 g/mol. The van der Waals surface area contributed by atoms with Gasteiger partial charge >= 0.3 is 0 Å². The number of carbonyl (C=O) groups is 2. The van der Waals surface area contributed by atoms with E-state index in [1.54, 1.807) is 34.2 Å². The molecule has 8 heteroatoms. The molecule has 0 radical (unpaired) electrons. The Bertz CT molecular complexity index is 1130. The zero-order valence-corrected chi connectivity index (χ0v) is 17.8. The van der Waals surface area contributed by atoms with Crippen molar-refractivity contribution >= 4 is 17.5 Å². The molecule has 0 saturated carbocycles. The van der Waals surface area contributed by atoms with Crippen molar-refractivity contribution in [2.75, 3.05) is 37.7 Å². The first kappa shape index (κ1) is 20.3.